The molecule has 0 saturated heterocycles. The molecule has 1 spiro atoms. The Balaban J connectivity index is 1.72. The summed E-state index contributed by atoms with van der Waals surface area (Å²) in [5.41, 5.74) is -0.436. The first-order valence-electron chi connectivity index (χ1n) is 10.8. The van der Waals surface area contributed by atoms with Gasteiger partial charge in [0.15, 0.2) is 5.66 Å². The first kappa shape index (κ1) is 18.7. The van der Waals surface area contributed by atoms with Gasteiger partial charge in [0, 0.05) is 25.9 Å². The summed E-state index contributed by atoms with van der Waals surface area (Å²) in [7, 11) is 0. The number of benzene rings is 4. The van der Waals surface area contributed by atoms with E-state index in [0.29, 0.717) is 21.5 Å². The van der Waals surface area contributed by atoms with Crippen LogP contribution in [0.1, 0.15) is 32.1 Å². The van der Waals surface area contributed by atoms with Gasteiger partial charge in [-0.05, 0) is 43.9 Å². The minimum atomic E-state index is -0.436. The number of rotatable bonds is 2. The summed E-state index contributed by atoms with van der Waals surface area (Å²) in [4.78, 5) is 12.4. The van der Waals surface area contributed by atoms with Crippen molar-refractivity contribution in [1.82, 2.24) is 0 Å². The molecule has 4 aromatic rings. The predicted octanol–water partition coefficient (Wildman–Crippen LogP) is 5.47. The Kier molecular flexibility index (Phi) is 4.22. The van der Waals surface area contributed by atoms with E-state index >= 15 is 0 Å². The second-order valence-electron chi connectivity index (χ2n) is 8.42. The molecule has 0 unspecified atom stereocenters. The van der Waals surface area contributed by atoms with Gasteiger partial charge in [-0.25, -0.2) is 0 Å². The maximum atomic E-state index is 11.2. The van der Waals surface area contributed by atoms with Gasteiger partial charge >= 0.3 is 0 Å². The van der Waals surface area contributed by atoms with Crippen molar-refractivity contribution in [2.24, 2.45) is 9.98 Å². The summed E-state index contributed by atoms with van der Waals surface area (Å²) in [5, 5.41) is 26.5. The predicted molar refractivity (Wildman–Crippen MR) is 123 cm³/mol. The highest BCUT2D eigenvalue weighted by molar-refractivity contribution is 7.99. The molecule has 154 valence electrons. The molecule has 4 nitrogen and oxygen atoms in total. The number of nitrogens with zero attached hydrogens (tertiary/aromatic N) is 2. The number of aromatic hydroxyl groups is 2. The van der Waals surface area contributed by atoms with Crippen molar-refractivity contribution < 1.29 is 10.2 Å². The highest BCUT2D eigenvalue weighted by Crippen LogP contribution is 2.42. The van der Waals surface area contributed by atoms with E-state index in [-0.39, 0.29) is 11.5 Å². The third-order valence-electron chi connectivity index (χ3n) is 6.43. The molecule has 4 aromatic carbocycles. The molecule has 1 saturated carbocycles. The van der Waals surface area contributed by atoms with Gasteiger partial charge < -0.3 is 10.2 Å². The molecule has 6 rings (SSSR count). The highest BCUT2D eigenvalue weighted by Gasteiger charge is 2.34. The van der Waals surface area contributed by atoms with Gasteiger partial charge in [0.2, 0.25) is 0 Å². The molecule has 1 aliphatic heterocycles. The van der Waals surface area contributed by atoms with Crippen LogP contribution in [0.5, 0.6) is 11.5 Å². The summed E-state index contributed by atoms with van der Waals surface area (Å²) in [6.07, 6.45) is 5.30. The van der Waals surface area contributed by atoms with E-state index in [9.17, 15) is 10.2 Å². The zero-order valence-electron chi connectivity index (χ0n) is 17.0. The fourth-order valence-corrected chi connectivity index (χ4v) is 5.89. The van der Waals surface area contributed by atoms with Crippen LogP contribution in [0, 0.1) is 0 Å². The van der Waals surface area contributed by atoms with Crippen LogP contribution in [-0.2, 0) is 0 Å². The second kappa shape index (κ2) is 6.99. The number of hydrogen-bond donors (Lipinski definition) is 2. The molecule has 0 atom stereocenters. The van der Waals surface area contributed by atoms with Gasteiger partial charge in [0.1, 0.15) is 16.9 Å². The van der Waals surface area contributed by atoms with Crippen LogP contribution < -0.4 is 10.7 Å². The monoisotopic (exact) mass is 426 g/mol. The quantitative estimate of drug-likeness (QED) is 0.330. The molecule has 0 radical (unpaired) electrons. The Bertz CT molecular complexity index is 1460. The molecule has 1 aliphatic carbocycles. The van der Waals surface area contributed by atoms with Crippen molar-refractivity contribution in [3.8, 4) is 11.5 Å². The highest BCUT2D eigenvalue weighted by atomic mass is 32.2. The maximum Gasteiger partial charge on any atom is 0.151 e. The van der Waals surface area contributed by atoms with Gasteiger partial charge in [-0.3, -0.25) is 9.98 Å². The topological polar surface area (TPSA) is 65.2 Å². The molecule has 1 fully saturated rings. The Morgan fingerprint density at radius 3 is 2.10 bits per heavy atom. The second-order valence-corrected chi connectivity index (χ2v) is 9.53. The fourth-order valence-electron chi connectivity index (χ4n) is 4.93. The van der Waals surface area contributed by atoms with Crippen molar-refractivity contribution >= 4 is 33.3 Å². The van der Waals surface area contributed by atoms with Crippen LogP contribution in [0.25, 0.3) is 21.5 Å². The Hall–Kier alpha value is -3.05. The largest absolute Gasteiger partial charge is 0.507 e. The Morgan fingerprint density at radius 1 is 0.710 bits per heavy atom. The summed E-state index contributed by atoms with van der Waals surface area (Å²) in [6.45, 7) is 0. The first-order valence-corrected chi connectivity index (χ1v) is 11.6. The molecule has 5 heteroatoms. The standard InChI is InChI=1S/C26H22N2O2S/c29-24-17-11-5-6-12-18(17)25(30)21-19(24)15-20(31-16-9-3-1-4-10-16)22-23(21)28-26(27-22)13-7-2-8-14-26/h1,3-6,9-12,15,29-30H,2,7-8,13-14H2. The lowest BCUT2D eigenvalue weighted by atomic mass is 9.90. The molecular formula is C26H22N2O2S. The molecule has 2 aliphatic rings. The van der Waals surface area contributed by atoms with E-state index < -0.39 is 5.66 Å². The first-order chi connectivity index (χ1) is 15.2. The molecular weight excluding hydrogens is 404 g/mol. The van der Waals surface area contributed by atoms with Crippen molar-refractivity contribution in [2.45, 2.75) is 47.6 Å². The summed E-state index contributed by atoms with van der Waals surface area (Å²) >= 11 is 1.63. The zero-order chi connectivity index (χ0) is 21.0. The number of phenols is 2. The lowest BCUT2D eigenvalue weighted by Crippen LogP contribution is -2.26. The van der Waals surface area contributed by atoms with E-state index in [1.54, 1.807) is 11.8 Å². The number of phenolic OH excluding ortho intramolecular Hbond substituents is 2. The van der Waals surface area contributed by atoms with Gasteiger partial charge in [-0.15, -0.1) is 0 Å². The van der Waals surface area contributed by atoms with Crippen molar-refractivity contribution in [2.75, 3.05) is 0 Å². The fraction of sp³-hybridized carbons (Fsp3) is 0.231. The SMILES string of the molecule is Oc1c2ccccc2c(O)c2c3c(c(Sc4ccccc4)cc12)=NC1(CCCCC1)N=3. The number of hydrogen-bond acceptors (Lipinski definition) is 5. The van der Waals surface area contributed by atoms with Gasteiger partial charge in [-0.1, -0.05) is 60.6 Å². The lowest BCUT2D eigenvalue weighted by Gasteiger charge is -2.27. The van der Waals surface area contributed by atoms with Gasteiger partial charge in [0.25, 0.3) is 0 Å². The summed E-state index contributed by atoms with van der Waals surface area (Å²) in [5.74, 6) is 0.351. The maximum absolute atomic E-state index is 11.2. The van der Waals surface area contributed by atoms with Crippen LogP contribution in [0.15, 0.2) is 80.4 Å². The minimum Gasteiger partial charge on any atom is -0.507 e. The number of fused-ring (bicyclic) bond motifs is 4. The van der Waals surface area contributed by atoms with Crippen LogP contribution in [0.4, 0.5) is 0 Å². The zero-order valence-corrected chi connectivity index (χ0v) is 17.8. The molecule has 31 heavy (non-hydrogen) atoms. The van der Waals surface area contributed by atoms with E-state index in [1.165, 1.54) is 6.42 Å². The van der Waals surface area contributed by atoms with E-state index in [0.717, 1.165) is 46.2 Å². The minimum absolute atomic E-state index is 0.169. The van der Waals surface area contributed by atoms with E-state index in [2.05, 4.69) is 12.1 Å². The summed E-state index contributed by atoms with van der Waals surface area (Å²) in [6, 6.07) is 19.6. The van der Waals surface area contributed by atoms with Crippen molar-refractivity contribution in [3.63, 3.8) is 0 Å². The summed E-state index contributed by atoms with van der Waals surface area (Å²) < 4.78 is 0. The van der Waals surface area contributed by atoms with Gasteiger partial charge in [-0.2, -0.15) is 0 Å². The third kappa shape index (κ3) is 2.91. The molecule has 0 amide bonds. The van der Waals surface area contributed by atoms with Crippen LogP contribution >= 0.6 is 11.8 Å². The van der Waals surface area contributed by atoms with Crippen LogP contribution in [0.2, 0.25) is 0 Å². The van der Waals surface area contributed by atoms with E-state index in [4.69, 9.17) is 9.98 Å². The normalized spacial score (nSPS) is 16.9. The van der Waals surface area contributed by atoms with Crippen LogP contribution in [0.3, 0.4) is 0 Å². The van der Waals surface area contributed by atoms with Crippen molar-refractivity contribution in [3.05, 3.63) is 71.4 Å². The average molecular weight is 427 g/mol. The Labute approximate surface area is 184 Å². The lowest BCUT2D eigenvalue weighted by molar-refractivity contribution is 0.308. The van der Waals surface area contributed by atoms with E-state index in [1.807, 2.05) is 48.5 Å². The molecule has 0 bridgehead atoms. The van der Waals surface area contributed by atoms with Gasteiger partial charge in [0.05, 0.1) is 10.7 Å². The molecule has 1 heterocycles. The Morgan fingerprint density at radius 2 is 1.35 bits per heavy atom. The third-order valence-corrected chi connectivity index (χ3v) is 7.47. The van der Waals surface area contributed by atoms with Crippen LogP contribution in [-0.4, -0.2) is 15.9 Å². The smallest absolute Gasteiger partial charge is 0.151 e. The molecule has 2 N–H and O–H groups in total. The molecule has 0 aromatic heterocycles. The van der Waals surface area contributed by atoms with Crippen molar-refractivity contribution in [1.29, 1.82) is 0 Å². The average Bonchev–Trinajstić information content (AvgIpc) is 3.17.